The summed E-state index contributed by atoms with van der Waals surface area (Å²) in [5, 5.41) is 9.67. The van der Waals surface area contributed by atoms with Crippen molar-refractivity contribution < 1.29 is 47.9 Å². The molecule has 6 aliphatic rings. The summed E-state index contributed by atoms with van der Waals surface area (Å²) in [6, 6.07) is 18.8. The van der Waals surface area contributed by atoms with Gasteiger partial charge in [0.25, 0.3) is 17.4 Å². The van der Waals surface area contributed by atoms with Crippen molar-refractivity contribution >= 4 is 46.4 Å². The Morgan fingerprint density at radius 3 is 2.11 bits per heavy atom. The fourth-order valence-corrected chi connectivity index (χ4v) is 12.7. The average Bonchev–Trinajstić information content (AvgIpc) is 4.43. The van der Waals surface area contributed by atoms with E-state index in [4.69, 9.17) is 9.47 Å². The van der Waals surface area contributed by atoms with Crippen LogP contribution in [0, 0.1) is 11.7 Å². The van der Waals surface area contributed by atoms with E-state index in [1.807, 2.05) is 67.0 Å². The van der Waals surface area contributed by atoms with E-state index >= 15 is 4.39 Å². The van der Waals surface area contributed by atoms with Gasteiger partial charge in [-0.2, -0.15) is 5.10 Å². The highest BCUT2D eigenvalue weighted by molar-refractivity contribution is 5.95. The molecule has 0 radical (unpaired) electrons. The first kappa shape index (κ1) is 57.7. The van der Waals surface area contributed by atoms with E-state index in [0.29, 0.717) is 86.4 Å². The maximum Gasteiger partial charge on any atom is 0.411 e. The van der Waals surface area contributed by atoms with E-state index in [1.165, 1.54) is 6.07 Å². The van der Waals surface area contributed by atoms with E-state index in [1.54, 1.807) is 44.3 Å². The number of piperazine rings is 1. The van der Waals surface area contributed by atoms with Gasteiger partial charge in [-0.05, 0) is 126 Å². The monoisotopic (exact) mass is 1110 g/mol. The molecule has 0 bridgehead atoms. The summed E-state index contributed by atoms with van der Waals surface area (Å²) in [5.74, 6) is -1.11. The number of aromatic nitrogens is 2. The number of quaternary nitrogens is 1. The Hall–Kier alpha value is -6.57. The number of likely N-dealkylation sites (tertiary alicyclic amines) is 3. The molecule has 6 fully saturated rings. The Balaban J connectivity index is 0.657. The zero-order valence-corrected chi connectivity index (χ0v) is 47.5. The lowest BCUT2D eigenvalue weighted by atomic mass is 9.83. The van der Waals surface area contributed by atoms with Crippen LogP contribution in [0.5, 0.6) is 0 Å². The van der Waals surface area contributed by atoms with E-state index in [2.05, 4.69) is 15.1 Å². The molecule has 1 aromatic heterocycles. The van der Waals surface area contributed by atoms with Crippen LogP contribution in [0.25, 0.3) is 10.8 Å². The molecule has 10 rings (SSSR count). The van der Waals surface area contributed by atoms with Crippen LogP contribution in [0.3, 0.4) is 0 Å². The molecule has 81 heavy (non-hydrogen) atoms. The number of rotatable bonds is 15. The minimum absolute atomic E-state index is 0.00209. The van der Waals surface area contributed by atoms with Gasteiger partial charge in [-0.3, -0.25) is 39.1 Å². The maximum absolute atomic E-state index is 15.2. The van der Waals surface area contributed by atoms with Gasteiger partial charge in [-0.1, -0.05) is 55.7 Å². The largest absolute Gasteiger partial charge is 0.444 e. The Kier molecular flexibility index (Phi) is 18.3. The Labute approximate surface area is 474 Å². The number of carbonyl (C=O) groups is 6. The van der Waals surface area contributed by atoms with Gasteiger partial charge in [-0.15, -0.1) is 0 Å². The number of amides is 6. The zero-order valence-electron chi connectivity index (χ0n) is 47.5. The van der Waals surface area contributed by atoms with Crippen LogP contribution < -0.4 is 10.9 Å². The Morgan fingerprint density at radius 2 is 1.41 bits per heavy atom. The number of hydrogen-bond acceptors (Lipinski definition) is 11. The molecule has 19 heteroatoms. The lowest BCUT2D eigenvalue weighted by Crippen LogP contribution is -2.97. The third-order valence-electron chi connectivity index (χ3n) is 17.5. The normalized spacial score (nSPS) is 20.5. The number of fused-ring (bicyclic) bond motifs is 1. The molecule has 2 atom stereocenters. The van der Waals surface area contributed by atoms with Crippen molar-refractivity contribution in [2.45, 2.75) is 146 Å². The smallest absolute Gasteiger partial charge is 0.411 e. The molecular formula is C62H81FN9O9+. The second-order valence-corrected chi connectivity index (χ2v) is 24.4. The van der Waals surface area contributed by atoms with E-state index in [9.17, 15) is 33.6 Å². The van der Waals surface area contributed by atoms with Gasteiger partial charge in [0.15, 0.2) is 6.04 Å². The number of halogens is 1. The summed E-state index contributed by atoms with van der Waals surface area (Å²) < 4.78 is 27.5. The van der Waals surface area contributed by atoms with Crippen molar-refractivity contribution in [1.82, 2.24) is 39.6 Å². The third-order valence-corrected chi connectivity index (χ3v) is 17.5. The molecule has 2 saturated carbocycles. The summed E-state index contributed by atoms with van der Waals surface area (Å²) in [6.07, 6.45) is 11.4. The van der Waals surface area contributed by atoms with Gasteiger partial charge in [0.2, 0.25) is 11.8 Å². The molecule has 2 aliphatic carbocycles. The molecule has 3 N–H and O–H groups in total. The molecule has 0 spiro atoms. The Morgan fingerprint density at radius 1 is 0.716 bits per heavy atom. The number of hydrogen-bond donors (Lipinski definition) is 2. The quantitative estimate of drug-likeness (QED) is 0.144. The van der Waals surface area contributed by atoms with Crippen molar-refractivity contribution in [2.24, 2.45) is 5.92 Å². The van der Waals surface area contributed by atoms with Crippen molar-refractivity contribution in [3.05, 3.63) is 111 Å². The highest BCUT2D eigenvalue weighted by Gasteiger charge is 2.41. The topological polar surface area (TPSA) is 203 Å². The molecule has 1 unspecified atom stereocenters. The SMILES string of the molecule is CC(C)(C)OC(=O)N(CC(=O)N1CCC[C@H](c2cccc(C(=O)[NH2+]C(C(=O)N3CCC(OC4CCN(CC(=O)N5CCN(C(=O)c6cc(Cc7n[nH]c(=O)c8ccccc78)ccc6F)CC5)CC4)CC3)C3CCCCC3)c2)C1)C1CC1. The van der Waals surface area contributed by atoms with Crippen LogP contribution in [0.2, 0.25) is 0 Å². The third kappa shape index (κ3) is 14.6. The summed E-state index contributed by atoms with van der Waals surface area (Å²) in [6.45, 7) is 10.8. The number of benzene rings is 3. The standard InChI is InChI=1S/C62H80FN9O9/c1-62(2,3)81-61(79)72(46-19-20-46)40-55(74)71-26-10-15-45(38-71)43-13-9-14-44(37-43)57(75)64-56(42-11-5-4-6-12-42)60(78)69-29-24-48(25-30-69)80-47-22-27-67(28-23-47)39-54(73)68-31-33-70(34-32-68)59(77)51-35-41(18-21-52(51)63)36-53-49-16-7-8-17-50(49)58(76)66-65-53/h7-9,13-14,16-18,21,35,37,42,45-48,56H,4-6,10-12,15,19-20,22-34,36,38-40H2,1-3H3,(H,64,75)(H,66,76)/p+1/t45-,56?/m0/s1. The number of aromatic amines is 1. The molecule has 18 nitrogen and oxygen atoms in total. The van der Waals surface area contributed by atoms with Gasteiger partial charge in [-0.25, -0.2) is 19.1 Å². The highest BCUT2D eigenvalue weighted by Crippen LogP contribution is 2.32. The number of ether oxygens (including phenoxy) is 2. The lowest BCUT2D eigenvalue weighted by Gasteiger charge is -2.39. The number of piperidine rings is 3. The molecule has 434 valence electrons. The molecule has 4 saturated heterocycles. The van der Waals surface area contributed by atoms with Gasteiger partial charge in [0.1, 0.15) is 18.0 Å². The van der Waals surface area contributed by atoms with Crippen LogP contribution >= 0.6 is 0 Å². The average molecular weight is 1120 g/mol. The number of H-pyrrole nitrogens is 1. The Bertz CT molecular complexity index is 2990. The summed E-state index contributed by atoms with van der Waals surface area (Å²) in [7, 11) is 0. The first-order chi connectivity index (χ1) is 39.0. The minimum Gasteiger partial charge on any atom is -0.444 e. The minimum atomic E-state index is -0.652. The van der Waals surface area contributed by atoms with Crippen LogP contribution in [-0.2, 0) is 30.3 Å². The van der Waals surface area contributed by atoms with Crippen molar-refractivity contribution in [3.8, 4) is 0 Å². The van der Waals surface area contributed by atoms with Crippen LogP contribution in [0.15, 0.2) is 71.5 Å². The predicted molar refractivity (Wildman–Crippen MR) is 302 cm³/mol. The number of nitrogens with zero attached hydrogens (tertiary/aromatic N) is 7. The maximum atomic E-state index is 15.2. The molecule has 5 heterocycles. The number of primary amides is 1. The van der Waals surface area contributed by atoms with E-state index in [-0.39, 0.29) is 77.9 Å². The number of carbonyl (C=O) groups excluding carboxylic acids is 6. The van der Waals surface area contributed by atoms with Crippen molar-refractivity contribution in [2.75, 3.05) is 78.5 Å². The van der Waals surface area contributed by atoms with E-state index < -0.39 is 29.5 Å². The zero-order chi connectivity index (χ0) is 56.8. The van der Waals surface area contributed by atoms with Gasteiger partial charge >= 0.3 is 12.0 Å². The van der Waals surface area contributed by atoms with Crippen molar-refractivity contribution in [3.63, 3.8) is 0 Å². The highest BCUT2D eigenvalue weighted by atomic mass is 19.1. The van der Waals surface area contributed by atoms with Crippen molar-refractivity contribution in [1.29, 1.82) is 0 Å². The number of nitrogens with one attached hydrogen (secondary N) is 1. The second kappa shape index (κ2) is 25.7. The van der Waals surface area contributed by atoms with Gasteiger partial charge in [0, 0.05) is 95.1 Å². The first-order valence-electron chi connectivity index (χ1n) is 29.8. The summed E-state index contributed by atoms with van der Waals surface area (Å²) in [5.41, 5.74) is 1.87. The van der Waals surface area contributed by atoms with Crippen LogP contribution in [-0.4, -0.2) is 184 Å². The van der Waals surface area contributed by atoms with Crippen LogP contribution in [0.1, 0.15) is 148 Å². The molecule has 4 aliphatic heterocycles. The first-order valence-corrected chi connectivity index (χ1v) is 29.8. The predicted octanol–water partition coefficient (Wildman–Crippen LogP) is 5.87. The second-order valence-electron chi connectivity index (χ2n) is 24.4. The molecule has 6 amide bonds. The summed E-state index contributed by atoms with van der Waals surface area (Å²) in [4.78, 5) is 106. The lowest BCUT2D eigenvalue weighted by molar-refractivity contribution is -0.590. The molecule has 3 aromatic carbocycles. The van der Waals surface area contributed by atoms with Crippen LogP contribution in [0.4, 0.5) is 9.18 Å². The molecule has 4 aromatic rings. The fourth-order valence-electron chi connectivity index (χ4n) is 12.7. The molecular weight excluding hydrogens is 1030 g/mol. The summed E-state index contributed by atoms with van der Waals surface area (Å²) >= 11 is 0. The van der Waals surface area contributed by atoms with Gasteiger partial charge < -0.3 is 29.1 Å². The number of nitrogens with two attached hydrogens (primary N) is 1. The van der Waals surface area contributed by atoms with Gasteiger partial charge in [0.05, 0.1) is 41.0 Å². The fraction of sp³-hybridized carbons (Fsp3) is 0.581. The van der Waals surface area contributed by atoms with E-state index in [0.717, 1.165) is 102 Å².